The van der Waals surface area contributed by atoms with Crippen molar-refractivity contribution in [3.63, 3.8) is 0 Å². The molecule has 0 saturated heterocycles. The molecule has 0 fully saturated rings. The van der Waals surface area contributed by atoms with Crippen LogP contribution in [0.3, 0.4) is 0 Å². The second kappa shape index (κ2) is 6.46. The number of hydrogen-bond donors (Lipinski definition) is 2. The van der Waals surface area contributed by atoms with E-state index in [0.717, 1.165) is 22.5 Å². The zero-order valence-electron chi connectivity index (χ0n) is 14.1. The number of aliphatic imine (C=N–C) groups is 1. The molecule has 2 aromatic rings. The third kappa shape index (κ3) is 3.65. The van der Waals surface area contributed by atoms with Crippen molar-refractivity contribution < 1.29 is 13.0 Å². The lowest BCUT2D eigenvalue weighted by Gasteiger charge is -2.20. The molecule has 3 rings (SSSR count). The molecule has 1 heterocycles. The van der Waals surface area contributed by atoms with Gasteiger partial charge < -0.3 is 5.32 Å². The highest BCUT2D eigenvalue weighted by molar-refractivity contribution is 7.85. The van der Waals surface area contributed by atoms with E-state index in [1.807, 2.05) is 50.3 Å². The summed E-state index contributed by atoms with van der Waals surface area (Å²) in [5.74, 6) is 0. The van der Waals surface area contributed by atoms with Crippen LogP contribution in [0.5, 0.6) is 0 Å². The van der Waals surface area contributed by atoms with E-state index < -0.39 is 15.5 Å². The average molecular weight is 356 g/mol. The highest BCUT2D eigenvalue weighted by Gasteiger charge is 2.35. The summed E-state index contributed by atoms with van der Waals surface area (Å²) in [5.41, 5.74) is 3.31. The normalized spacial score (nSPS) is 17.6. The maximum Gasteiger partial charge on any atom is 0.294 e. The minimum Gasteiger partial charge on any atom is -0.358 e. The lowest BCUT2D eigenvalue weighted by Crippen LogP contribution is -2.17. The first kappa shape index (κ1) is 17.4. The lowest BCUT2D eigenvalue weighted by atomic mass is 9.84. The number of nitrogens with one attached hydrogen (secondary N) is 1. The Bertz CT molecular complexity index is 946. The van der Waals surface area contributed by atoms with E-state index in [4.69, 9.17) is 0 Å². The molecule has 1 aliphatic rings. The predicted octanol–water partition coefficient (Wildman–Crippen LogP) is 3.79. The maximum atomic E-state index is 11.4. The number of benzene rings is 2. The van der Waals surface area contributed by atoms with Gasteiger partial charge in [0.15, 0.2) is 0 Å². The fourth-order valence-corrected chi connectivity index (χ4v) is 3.38. The Morgan fingerprint density at radius 1 is 1.16 bits per heavy atom. The van der Waals surface area contributed by atoms with E-state index in [-0.39, 0.29) is 4.90 Å². The van der Waals surface area contributed by atoms with E-state index >= 15 is 0 Å². The SMILES string of the molecule is CC1(C)C(=CC=NCc2ccccc2)Nc2ccc(S(=O)(=O)O)cc21. The monoisotopic (exact) mass is 356 g/mol. The van der Waals surface area contributed by atoms with Crippen LogP contribution in [0.4, 0.5) is 5.69 Å². The number of rotatable bonds is 4. The molecule has 25 heavy (non-hydrogen) atoms. The van der Waals surface area contributed by atoms with Crippen molar-refractivity contribution in [1.82, 2.24) is 0 Å². The van der Waals surface area contributed by atoms with Gasteiger partial charge in [-0.15, -0.1) is 0 Å². The highest BCUT2D eigenvalue weighted by atomic mass is 32.2. The van der Waals surface area contributed by atoms with Crippen LogP contribution in [0.15, 0.2) is 70.2 Å². The Labute approximate surface area is 147 Å². The Hall–Kier alpha value is -2.44. The van der Waals surface area contributed by atoms with Crippen LogP contribution >= 0.6 is 0 Å². The Balaban J connectivity index is 1.82. The van der Waals surface area contributed by atoms with Gasteiger partial charge in [-0.3, -0.25) is 9.55 Å². The predicted molar refractivity (Wildman–Crippen MR) is 99.6 cm³/mol. The summed E-state index contributed by atoms with van der Waals surface area (Å²) in [5, 5.41) is 3.30. The first-order valence-electron chi connectivity index (χ1n) is 7.92. The number of nitrogens with zero attached hydrogens (tertiary/aromatic N) is 1. The molecule has 130 valence electrons. The molecule has 1 aliphatic heterocycles. The molecule has 2 N–H and O–H groups in total. The van der Waals surface area contributed by atoms with Crippen LogP contribution in [0.2, 0.25) is 0 Å². The van der Waals surface area contributed by atoms with Gasteiger partial charge in [0, 0.05) is 23.0 Å². The number of fused-ring (bicyclic) bond motifs is 1. The first-order chi connectivity index (χ1) is 11.8. The molecule has 5 nitrogen and oxygen atoms in total. The molecule has 0 aromatic heterocycles. The molecule has 0 bridgehead atoms. The average Bonchev–Trinajstić information content (AvgIpc) is 2.82. The maximum absolute atomic E-state index is 11.4. The van der Waals surface area contributed by atoms with Crippen molar-refractivity contribution in [1.29, 1.82) is 0 Å². The quantitative estimate of drug-likeness (QED) is 0.645. The Morgan fingerprint density at radius 3 is 2.56 bits per heavy atom. The second-order valence-corrected chi connectivity index (χ2v) is 7.91. The van der Waals surface area contributed by atoms with Crippen molar-refractivity contribution in [2.75, 3.05) is 5.32 Å². The van der Waals surface area contributed by atoms with E-state index in [2.05, 4.69) is 10.3 Å². The van der Waals surface area contributed by atoms with Gasteiger partial charge in [-0.2, -0.15) is 8.42 Å². The Morgan fingerprint density at radius 2 is 1.88 bits per heavy atom. The van der Waals surface area contributed by atoms with Crippen molar-refractivity contribution >= 4 is 22.0 Å². The first-order valence-corrected chi connectivity index (χ1v) is 9.36. The molecule has 0 unspecified atom stereocenters. The van der Waals surface area contributed by atoms with Gasteiger partial charge in [-0.05, 0) is 35.4 Å². The van der Waals surface area contributed by atoms with Gasteiger partial charge >= 0.3 is 0 Å². The van der Waals surface area contributed by atoms with Gasteiger partial charge in [0.25, 0.3) is 10.1 Å². The van der Waals surface area contributed by atoms with Gasteiger partial charge in [-0.25, -0.2) is 0 Å². The van der Waals surface area contributed by atoms with Crippen LogP contribution in [0.25, 0.3) is 0 Å². The fourth-order valence-electron chi connectivity index (χ4n) is 2.88. The van der Waals surface area contributed by atoms with Crippen LogP contribution in [0, 0.1) is 0 Å². The van der Waals surface area contributed by atoms with Gasteiger partial charge in [-0.1, -0.05) is 44.2 Å². The minimum absolute atomic E-state index is 0.0971. The van der Waals surface area contributed by atoms with Gasteiger partial charge in [0.05, 0.1) is 11.4 Å². The second-order valence-electron chi connectivity index (χ2n) is 6.49. The third-order valence-electron chi connectivity index (χ3n) is 4.37. The van der Waals surface area contributed by atoms with Crippen molar-refractivity contribution in [3.05, 3.63) is 71.4 Å². The summed E-state index contributed by atoms with van der Waals surface area (Å²) in [6.45, 7) is 4.60. The number of anilines is 1. The smallest absolute Gasteiger partial charge is 0.294 e. The minimum atomic E-state index is -4.22. The fraction of sp³-hybridized carbons (Fsp3) is 0.211. The highest BCUT2D eigenvalue weighted by Crippen LogP contribution is 2.43. The molecule has 0 saturated carbocycles. The largest absolute Gasteiger partial charge is 0.358 e. The van der Waals surface area contributed by atoms with Gasteiger partial charge in [0.1, 0.15) is 0 Å². The van der Waals surface area contributed by atoms with Crippen LogP contribution in [-0.2, 0) is 22.1 Å². The van der Waals surface area contributed by atoms with E-state index in [1.54, 1.807) is 12.3 Å². The summed E-state index contributed by atoms with van der Waals surface area (Å²) in [6.07, 6.45) is 3.66. The summed E-state index contributed by atoms with van der Waals surface area (Å²) >= 11 is 0. The third-order valence-corrected chi connectivity index (χ3v) is 5.22. The molecule has 0 amide bonds. The van der Waals surface area contributed by atoms with Crippen molar-refractivity contribution in [2.24, 2.45) is 4.99 Å². The van der Waals surface area contributed by atoms with Gasteiger partial charge in [0.2, 0.25) is 0 Å². The number of allylic oxidation sites excluding steroid dienone is 2. The van der Waals surface area contributed by atoms with E-state index in [0.29, 0.717) is 6.54 Å². The molecule has 0 atom stereocenters. The van der Waals surface area contributed by atoms with Crippen molar-refractivity contribution in [3.8, 4) is 0 Å². The Kier molecular flexibility index (Phi) is 4.49. The molecule has 2 aromatic carbocycles. The molecule has 0 aliphatic carbocycles. The summed E-state index contributed by atoms with van der Waals surface area (Å²) < 4.78 is 32.0. The molecular formula is C19H20N2O3S. The van der Waals surface area contributed by atoms with Crippen molar-refractivity contribution in [2.45, 2.75) is 30.7 Å². The lowest BCUT2D eigenvalue weighted by molar-refractivity contribution is 0.483. The standard InChI is InChI=1S/C19H20N2O3S/c1-19(2)16-12-15(25(22,23)24)8-9-17(16)21-18(19)10-11-20-13-14-6-4-3-5-7-14/h3-12,21H,13H2,1-2H3,(H,22,23,24). The molecule has 0 spiro atoms. The van der Waals surface area contributed by atoms with Crippen LogP contribution in [-0.4, -0.2) is 19.2 Å². The summed E-state index contributed by atoms with van der Waals surface area (Å²) in [6, 6.07) is 14.6. The topological polar surface area (TPSA) is 78.8 Å². The summed E-state index contributed by atoms with van der Waals surface area (Å²) in [7, 11) is -4.22. The van der Waals surface area contributed by atoms with Crippen LogP contribution < -0.4 is 5.32 Å². The number of hydrogen-bond acceptors (Lipinski definition) is 4. The molecule has 6 heteroatoms. The van der Waals surface area contributed by atoms with Crippen LogP contribution in [0.1, 0.15) is 25.0 Å². The molecule has 0 radical (unpaired) electrons. The molecular weight excluding hydrogens is 336 g/mol. The zero-order chi connectivity index (χ0) is 18.1. The zero-order valence-corrected chi connectivity index (χ0v) is 14.9. The van der Waals surface area contributed by atoms with E-state index in [1.165, 1.54) is 12.1 Å². The van der Waals surface area contributed by atoms with E-state index in [9.17, 15) is 13.0 Å². The summed E-state index contributed by atoms with van der Waals surface area (Å²) in [4.78, 5) is 4.32.